The second-order valence-electron chi connectivity index (χ2n) is 6.54. The monoisotopic (exact) mass is 318 g/mol. The number of hydrogen-bond donors (Lipinski definition) is 1. The number of nitrogens with zero attached hydrogens (tertiary/aromatic N) is 5. The molecular formula is C16H26N6O. The Labute approximate surface area is 137 Å². The van der Waals surface area contributed by atoms with Crippen LogP contribution >= 0.6 is 0 Å². The zero-order valence-corrected chi connectivity index (χ0v) is 14.2. The van der Waals surface area contributed by atoms with E-state index in [2.05, 4.69) is 39.1 Å². The molecule has 0 radical (unpaired) electrons. The number of anilines is 1. The van der Waals surface area contributed by atoms with Gasteiger partial charge in [0.05, 0.1) is 24.8 Å². The van der Waals surface area contributed by atoms with Crippen molar-refractivity contribution in [2.45, 2.75) is 26.3 Å². The molecule has 1 atom stereocenters. The maximum atomic E-state index is 5.48. The summed E-state index contributed by atoms with van der Waals surface area (Å²) in [4.78, 5) is 11.2. The van der Waals surface area contributed by atoms with Crippen molar-refractivity contribution < 1.29 is 4.74 Å². The van der Waals surface area contributed by atoms with Gasteiger partial charge in [-0.15, -0.1) is 0 Å². The minimum absolute atomic E-state index is 0.487. The molecule has 0 unspecified atom stereocenters. The summed E-state index contributed by atoms with van der Waals surface area (Å²) in [6, 6.07) is 0.487. The summed E-state index contributed by atoms with van der Waals surface area (Å²) in [6.45, 7) is 9.09. The van der Waals surface area contributed by atoms with Gasteiger partial charge in [-0.3, -0.25) is 9.58 Å². The molecule has 1 aliphatic heterocycles. The Morgan fingerprint density at radius 2 is 2.04 bits per heavy atom. The minimum Gasteiger partial charge on any atom is -0.379 e. The second kappa shape index (κ2) is 7.23. The maximum absolute atomic E-state index is 5.48. The van der Waals surface area contributed by atoms with E-state index in [9.17, 15) is 0 Å². The van der Waals surface area contributed by atoms with Crippen LogP contribution in [0, 0.1) is 5.92 Å². The molecule has 1 aliphatic rings. The molecule has 0 aliphatic carbocycles. The van der Waals surface area contributed by atoms with E-state index in [1.54, 1.807) is 11.0 Å². The van der Waals surface area contributed by atoms with Crippen molar-refractivity contribution in [2.24, 2.45) is 13.0 Å². The SMILES string of the molecule is CC(C)C[C@H](CNc1ncnc2c1cnn2C)N1CCOCC1. The number of hydrogen-bond acceptors (Lipinski definition) is 6. The Morgan fingerprint density at radius 3 is 2.78 bits per heavy atom. The van der Waals surface area contributed by atoms with Crippen molar-refractivity contribution in [3.63, 3.8) is 0 Å². The number of fused-ring (bicyclic) bond motifs is 1. The van der Waals surface area contributed by atoms with Crippen molar-refractivity contribution in [1.82, 2.24) is 24.6 Å². The molecule has 3 rings (SSSR count). The molecule has 0 saturated carbocycles. The molecular weight excluding hydrogens is 292 g/mol. The Hall–Kier alpha value is -1.73. The van der Waals surface area contributed by atoms with E-state index in [1.165, 1.54) is 0 Å². The van der Waals surface area contributed by atoms with E-state index in [1.807, 2.05) is 13.2 Å². The van der Waals surface area contributed by atoms with Gasteiger partial charge in [0.2, 0.25) is 0 Å². The van der Waals surface area contributed by atoms with Crippen LogP contribution in [0.5, 0.6) is 0 Å². The van der Waals surface area contributed by atoms with Crippen LogP contribution in [0.4, 0.5) is 5.82 Å². The van der Waals surface area contributed by atoms with Gasteiger partial charge in [-0.25, -0.2) is 9.97 Å². The highest BCUT2D eigenvalue weighted by molar-refractivity contribution is 5.85. The summed E-state index contributed by atoms with van der Waals surface area (Å²) < 4.78 is 7.26. The molecule has 1 saturated heterocycles. The highest BCUT2D eigenvalue weighted by atomic mass is 16.5. The van der Waals surface area contributed by atoms with Gasteiger partial charge in [0.15, 0.2) is 5.65 Å². The number of rotatable bonds is 6. The summed E-state index contributed by atoms with van der Waals surface area (Å²) in [5.41, 5.74) is 0.856. The van der Waals surface area contributed by atoms with Crippen LogP contribution < -0.4 is 5.32 Å². The van der Waals surface area contributed by atoms with Gasteiger partial charge in [-0.2, -0.15) is 5.10 Å². The van der Waals surface area contributed by atoms with Crippen LogP contribution in [-0.2, 0) is 11.8 Å². The molecule has 1 fully saturated rings. The molecule has 7 nitrogen and oxygen atoms in total. The number of morpholine rings is 1. The summed E-state index contributed by atoms with van der Waals surface area (Å²) in [6.07, 6.45) is 4.58. The standard InChI is InChI=1S/C16H26N6O/c1-12(2)8-13(22-4-6-23-7-5-22)9-17-15-14-10-20-21(3)16(14)19-11-18-15/h10-13H,4-9H2,1-3H3,(H,17,18,19)/t13-/m1/s1. The number of aryl methyl sites for hydroxylation is 1. The van der Waals surface area contributed by atoms with Crippen LogP contribution in [0.3, 0.4) is 0 Å². The van der Waals surface area contributed by atoms with E-state index in [4.69, 9.17) is 4.74 Å². The van der Waals surface area contributed by atoms with Crippen molar-refractivity contribution >= 4 is 16.9 Å². The first-order chi connectivity index (χ1) is 11.1. The minimum atomic E-state index is 0.487. The number of ether oxygens (including phenoxy) is 1. The lowest BCUT2D eigenvalue weighted by atomic mass is 10.0. The zero-order chi connectivity index (χ0) is 16.2. The van der Waals surface area contributed by atoms with Crippen LogP contribution in [0.15, 0.2) is 12.5 Å². The predicted octanol–water partition coefficient (Wildman–Crippen LogP) is 1.52. The fourth-order valence-corrected chi connectivity index (χ4v) is 3.17. The lowest BCUT2D eigenvalue weighted by Crippen LogP contribution is -2.47. The lowest BCUT2D eigenvalue weighted by molar-refractivity contribution is 0.0150. The van der Waals surface area contributed by atoms with Crippen LogP contribution in [-0.4, -0.2) is 63.5 Å². The van der Waals surface area contributed by atoms with E-state index in [-0.39, 0.29) is 0 Å². The third-order valence-corrected chi connectivity index (χ3v) is 4.34. The molecule has 7 heteroatoms. The molecule has 2 aromatic heterocycles. The third kappa shape index (κ3) is 3.79. The average molecular weight is 318 g/mol. The summed E-state index contributed by atoms with van der Waals surface area (Å²) in [5, 5.41) is 8.76. The van der Waals surface area contributed by atoms with Crippen molar-refractivity contribution in [1.29, 1.82) is 0 Å². The fourth-order valence-electron chi connectivity index (χ4n) is 3.17. The predicted molar refractivity (Wildman–Crippen MR) is 90.4 cm³/mol. The summed E-state index contributed by atoms with van der Waals surface area (Å²) in [5.74, 6) is 1.53. The first-order valence-electron chi connectivity index (χ1n) is 8.33. The molecule has 0 spiro atoms. The normalized spacial score (nSPS) is 17.7. The summed E-state index contributed by atoms with van der Waals surface area (Å²) in [7, 11) is 1.90. The van der Waals surface area contributed by atoms with Gasteiger partial charge in [0, 0.05) is 32.7 Å². The van der Waals surface area contributed by atoms with Gasteiger partial charge < -0.3 is 10.1 Å². The topological polar surface area (TPSA) is 68.1 Å². The van der Waals surface area contributed by atoms with Crippen molar-refractivity contribution in [3.8, 4) is 0 Å². The molecule has 0 bridgehead atoms. The molecule has 1 N–H and O–H groups in total. The molecule has 23 heavy (non-hydrogen) atoms. The van der Waals surface area contributed by atoms with Gasteiger partial charge in [0.25, 0.3) is 0 Å². The summed E-state index contributed by atoms with van der Waals surface area (Å²) >= 11 is 0. The van der Waals surface area contributed by atoms with Crippen molar-refractivity contribution in [2.75, 3.05) is 38.2 Å². The highest BCUT2D eigenvalue weighted by Gasteiger charge is 2.22. The quantitative estimate of drug-likeness (QED) is 0.871. The Morgan fingerprint density at radius 1 is 1.26 bits per heavy atom. The molecule has 0 aromatic carbocycles. The second-order valence-corrected chi connectivity index (χ2v) is 6.54. The zero-order valence-electron chi connectivity index (χ0n) is 14.2. The highest BCUT2D eigenvalue weighted by Crippen LogP contribution is 2.19. The van der Waals surface area contributed by atoms with E-state index < -0.39 is 0 Å². The van der Waals surface area contributed by atoms with Crippen LogP contribution in [0.25, 0.3) is 11.0 Å². The molecule has 0 amide bonds. The van der Waals surface area contributed by atoms with Gasteiger partial charge >= 0.3 is 0 Å². The molecule has 126 valence electrons. The van der Waals surface area contributed by atoms with Crippen LogP contribution in [0.2, 0.25) is 0 Å². The third-order valence-electron chi connectivity index (χ3n) is 4.34. The van der Waals surface area contributed by atoms with Gasteiger partial charge in [-0.1, -0.05) is 13.8 Å². The van der Waals surface area contributed by atoms with Crippen molar-refractivity contribution in [3.05, 3.63) is 12.5 Å². The first kappa shape index (κ1) is 16.1. The van der Waals surface area contributed by atoms with E-state index >= 15 is 0 Å². The largest absolute Gasteiger partial charge is 0.379 e. The van der Waals surface area contributed by atoms with E-state index in [0.717, 1.165) is 56.1 Å². The Kier molecular flexibility index (Phi) is 5.07. The van der Waals surface area contributed by atoms with E-state index in [0.29, 0.717) is 12.0 Å². The Balaban J connectivity index is 1.71. The smallest absolute Gasteiger partial charge is 0.163 e. The fraction of sp³-hybridized carbons (Fsp3) is 0.688. The number of aromatic nitrogens is 4. The van der Waals surface area contributed by atoms with Gasteiger partial charge in [0.1, 0.15) is 12.1 Å². The van der Waals surface area contributed by atoms with Gasteiger partial charge in [-0.05, 0) is 12.3 Å². The maximum Gasteiger partial charge on any atom is 0.163 e. The first-order valence-corrected chi connectivity index (χ1v) is 8.33. The Bertz CT molecular complexity index is 635. The molecule has 2 aromatic rings. The lowest BCUT2D eigenvalue weighted by Gasteiger charge is -2.35. The molecule has 3 heterocycles. The average Bonchev–Trinajstić information content (AvgIpc) is 2.94. The number of nitrogens with one attached hydrogen (secondary N) is 1. The van der Waals surface area contributed by atoms with Crippen LogP contribution in [0.1, 0.15) is 20.3 Å².